The molecule has 1 saturated heterocycles. The van der Waals surface area contributed by atoms with Gasteiger partial charge in [-0.2, -0.15) is 0 Å². The van der Waals surface area contributed by atoms with Crippen LogP contribution in [0.5, 0.6) is 0 Å². The molecule has 1 heterocycles. The lowest BCUT2D eigenvalue weighted by Crippen LogP contribution is -2.26. The van der Waals surface area contributed by atoms with Gasteiger partial charge in [-0.15, -0.1) is 0 Å². The highest BCUT2D eigenvalue weighted by Gasteiger charge is 2.22. The van der Waals surface area contributed by atoms with Gasteiger partial charge >= 0.3 is 17.9 Å². The first-order valence-corrected chi connectivity index (χ1v) is 25.6. The summed E-state index contributed by atoms with van der Waals surface area (Å²) in [5, 5.41) is 25.8. The maximum atomic E-state index is 11.5. The number of aliphatic hydroxyl groups excluding tert-OH is 2. The number of carbonyl (C=O) groups is 4. The minimum atomic E-state index is -0.695. The largest absolute Gasteiger partial charge is 0.481 e. The van der Waals surface area contributed by atoms with Crippen molar-refractivity contribution < 1.29 is 62.9 Å². The number of ketones is 1. The maximum absolute atomic E-state index is 11.5. The fourth-order valence-corrected chi connectivity index (χ4v) is 7.19. The molecule has 13 heteroatoms. The molecule has 1 fully saturated rings. The molecule has 0 radical (unpaired) electrons. The van der Waals surface area contributed by atoms with Crippen molar-refractivity contribution in [1.29, 1.82) is 0 Å². The summed E-state index contributed by atoms with van der Waals surface area (Å²) in [5.41, 5.74) is 1.01. The Kier molecular flexibility index (Phi) is 43.6. The first-order valence-electron chi connectivity index (χ1n) is 25.6. The van der Waals surface area contributed by atoms with E-state index in [-0.39, 0.29) is 60.1 Å². The van der Waals surface area contributed by atoms with Crippen molar-refractivity contribution in [2.75, 3.05) is 60.0 Å². The van der Waals surface area contributed by atoms with E-state index in [4.69, 9.17) is 43.7 Å². The van der Waals surface area contributed by atoms with Crippen molar-refractivity contribution in [1.82, 2.24) is 0 Å². The second-order valence-electron chi connectivity index (χ2n) is 21.0. The fourth-order valence-electron chi connectivity index (χ4n) is 7.19. The van der Waals surface area contributed by atoms with E-state index < -0.39 is 5.97 Å². The molecular weight excluding hydrogens is 857 g/mol. The molecule has 13 nitrogen and oxygen atoms in total. The predicted molar refractivity (Wildman–Crippen MR) is 270 cm³/mol. The number of Topliss-reactive ketones (excluding diaryl/α,β-unsaturated/α-hetero) is 1. The van der Waals surface area contributed by atoms with Crippen LogP contribution in [0.3, 0.4) is 0 Å². The van der Waals surface area contributed by atoms with E-state index in [0.29, 0.717) is 76.3 Å². The van der Waals surface area contributed by atoms with E-state index in [9.17, 15) is 19.2 Å². The number of aliphatic carboxylic acids is 1. The van der Waals surface area contributed by atoms with Gasteiger partial charge in [-0.3, -0.25) is 14.4 Å². The third-order valence-corrected chi connectivity index (χ3v) is 11.2. The van der Waals surface area contributed by atoms with Crippen molar-refractivity contribution in [2.24, 2.45) is 23.7 Å². The normalized spacial score (nSPS) is 16.8. The van der Waals surface area contributed by atoms with Gasteiger partial charge in [0.05, 0.1) is 36.6 Å². The van der Waals surface area contributed by atoms with E-state index >= 15 is 0 Å². The number of hydrogen-bond acceptors (Lipinski definition) is 12. The Morgan fingerprint density at radius 2 is 1.30 bits per heavy atom. The van der Waals surface area contributed by atoms with Crippen LogP contribution < -0.4 is 0 Å². The van der Waals surface area contributed by atoms with Gasteiger partial charge in [0.25, 0.3) is 0 Å². The van der Waals surface area contributed by atoms with Crippen LogP contribution in [0, 0.1) is 23.7 Å². The van der Waals surface area contributed by atoms with Crippen LogP contribution >= 0.6 is 0 Å². The van der Waals surface area contributed by atoms with Crippen molar-refractivity contribution in [3.63, 3.8) is 0 Å². The molecular formula is C54H104O13. The average Bonchev–Trinajstić information content (AvgIpc) is 3.19. The van der Waals surface area contributed by atoms with Gasteiger partial charge in [-0.1, -0.05) is 77.9 Å². The van der Waals surface area contributed by atoms with Gasteiger partial charge in [0.1, 0.15) is 5.78 Å². The number of ether oxygens (including phenoxy) is 6. The van der Waals surface area contributed by atoms with Crippen LogP contribution in [0.15, 0.2) is 11.6 Å². The molecule has 0 bridgehead atoms. The standard InChI is InChI=1S/C16H32O5.C15H30O3.C13H24O3.C10H18O2/c1-14(13-15(19)20-11-5-9-17)7-4-8-16(2,3)21-12-6-10-18;1-13(12-14(2)16)8-6-9-15(3,4)18-11-7-10-17-5;1-11-6-4-7-13(2,3)16-9-5-8-15-12(14)10-11;1-8(2)5-4-6-9(3)7-10(11)12/h14,17-18H,4-13H2,1-3H3;13H,6-12H2,1-5H3;11H,4-10H2,1-3H3;5,9H,4,6-7H2,1-3H3,(H,11,12). The first-order chi connectivity index (χ1) is 31.3. The molecule has 0 saturated carbocycles. The number of cyclic esters (lactones) is 1. The zero-order valence-corrected chi connectivity index (χ0v) is 45.4. The number of carboxylic acid groups (broad SMARTS) is 1. The van der Waals surface area contributed by atoms with E-state index in [1.807, 2.05) is 13.8 Å². The molecule has 4 unspecified atom stereocenters. The number of hydrogen-bond donors (Lipinski definition) is 3. The summed E-state index contributed by atoms with van der Waals surface area (Å²) in [6.07, 6.45) is 18.4. The number of allylic oxidation sites excluding steroid dienone is 2. The van der Waals surface area contributed by atoms with Crippen LogP contribution in [-0.2, 0) is 47.6 Å². The molecule has 67 heavy (non-hydrogen) atoms. The number of aliphatic hydroxyl groups is 2. The number of rotatable bonds is 29. The molecule has 3 N–H and O–H groups in total. The number of carboxylic acids is 1. The Labute approximate surface area is 409 Å². The third kappa shape index (κ3) is 52.8. The molecule has 0 spiro atoms. The van der Waals surface area contributed by atoms with Gasteiger partial charge < -0.3 is 48.5 Å². The second kappa shape index (κ2) is 42.5. The van der Waals surface area contributed by atoms with Crippen LogP contribution in [0.25, 0.3) is 0 Å². The van der Waals surface area contributed by atoms with Crippen molar-refractivity contribution in [3.05, 3.63) is 11.6 Å². The summed E-state index contributed by atoms with van der Waals surface area (Å²) in [4.78, 5) is 44.2. The first kappa shape index (κ1) is 68.8. The summed E-state index contributed by atoms with van der Waals surface area (Å²) in [7, 11) is 1.71. The molecule has 0 amide bonds. The molecule has 0 aliphatic carbocycles. The van der Waals surface area contributed by atoms with Gasteiger partial charge in [-0.25, -0.2) is 0 Å². The van der Waals surface area contributed by atoms with Gasteiger partial charge in [0.15, 0.2) is 0 Å². The Balaban J connectivity index is -0.000000829. The summed E-state index contributed by atoms with van der Waals surface area (Å²) in [5.74, 6) is 0.839. The van der Waals surface area contributed by atoms with Gasteiger partial charge in [0, 0.05) is 78.7 Å². The van der Waals surface area contributed by atoms with E-state index in [1.165, 1.54) is 5.57 Å². The van der Waals surface area contributed by atoms with E-state index in [0.717, 1.165) is 96.7 Å². The van der Waals surface area contributed by atoms with Crippen LogP contribution in [-0.4, -0.2) is 116 Å². The van der Waals surface area contributed by atoms with E-state index in [2.05, 4.69) is 75.3 Å². The number of carbonyl (C=O) groups excluding carboxylic acids is 3. The Morgan fingerprint density at radius 1 is 0.761 bits per heavy atom. The van der Waals surface area contributed by atoms with Crippen LogP contribution in [0.4, 0.5) is 0 Å². The van der Waals surface area contributed by atoms with Crippen LogP contribution in [0.1, 0.15) is 212 Å². The SMILES string of the molecule is CC(C)=CCCC(C)CC(=O)O.CC(CCCC(C)(C)OCCCO)CC(=O)OCCCO.CC1CCCC(C)(C)OCCCOC(=O)C1.COCCCOC(C)(C)CCCC(C)CC(C)=O. The molecule has 4 atom stereocenters. The molecule has 1 rings (SSSR count). The maximum Gasteiger partial charge on any atom is 0.306 e. The Bertz CT molecular complexity index is 1260. The summed E-state index contributed by atoms with van der Waals surface area (Å²) < 4.78 is 32.5. The Hall–Kier alpha value is -2.42. The summed E-state index contributed by atoms with van der Waals surface area (Å²) in [6.45, 7) is 30.5. The van der Waals surface area contributed by atoms with Gasteiger partial charge in [-0.05, 0) is 131 Å². The fraction of sp³-hybridized carbons (Fsp3) is 0.889. The second-order valence-corrected chi connectivity index (χ2v) is 21.0. The highest BCUT2D eigenvalue weighted by Crippen LogP contribution is 2.24. The van der Waals surface area contributed by atoms with Crippen LogP contribution in [0.2, 0.25) is 0 Å². The Morgan fingerprint density at radius 3 is 1.82 bits per heavy atom. The highest BCUT2D eigenvalue weighted by molar-refractivity contribution is 5.75. The molecule has 0 aromatic heterocycles. The topological polar surface area (TPSA) is 184 Å². The smallest absolute Gasteiger partial charge is 0.306 e. The van der Waals surface area contributed by atoms with Crippen molar-refractivity contribution in [2.45, 2.75) is 229 Å². The quantitative estimate of drug-likeness (QED) is 0.0366. The van der Waals surface area contributed by atoms with Gasteiger partial charge in [0.2, 0.25) is 0 Å². The lowest BCUT2D eigenvalue weighted by atomic mass is 9.94. The molecule has 0 aromatic rings. The molecule has 398 valence electrons. The highest BCUT2D eigenvalue weighted by atomic mass is 16.5. The molecule has 1 aliphatic rings. The summed E-state index contributed by atoms with van der Waals surface area (Å²) >= 11 is 0. The minimum Gasteiger partial charge on any atom is -0.481 e. The summed E-state index contributed by atoms with van der Waals surface area (Å²) in [6, 6.07) is 0. The van der Waals surface area contributed by atoms with Crippen molar-refractivity contribution in [3.8, 4) is 0 Å². The zero-order chi connectivity index (χ0) is 51.7. The predicted octanol–water partition coefficient (Wildman–Crippen LogP) is 11.7. The van der Waals surface area contributed by atoms with E-state index in [1.54, 1.807) is 14.0 Å². The zero-order valence-electron chi connectivity index (χ0n) is 45.4. The lowest BCUT2D eigenvalue weighted by Gasteiger charge is -2.26. The number of methoxy groups -OCH3 is 1. The lowest BCUT2D eigenvalue weighted by molar-refractivity contribution is -0.146. The minimum absolute atomic E-state index is 0.0388. The number of esters is 2. The molecule has 0 aromatic carbocycles. The van der Waals surface area contributed by atoms with Crippen molar-refractivity contribution >= 4 is 23.7 Å². The molecule has 1 aliphatic heterocycles. The third-order valence-electron chi connectivity index (χ3n) is 11.2. The average molecular weight is 961 g/mol. The monoisotopic (exact) mass is 961 g/mol.